The molecule has 8 heteroatoms. The maximum absolute atomic E-state index is 13.4. The van der Waals surface area contributed by atoms with Gasteiger partial charge in [-0.05, 0) is 79.6 Å². The number of nitrogens with one attached hydrogen (secondary N) is 3. The Bertz CT molecular complexity index is 1660. The van der Waals surface area contributed by atoms with E-state index in [2.05, 4.69) is 50.2 Å². The van der Waals surface area contributed by atoms with Crippen molar-refractivity contribution >= 4 is 29.0 Å². The third-order valence-corrected chi connectivity index (χ3v) is 7.50. The number of hydrogen-bond donors (Lipinski definition) is 3. The molecule has 3 aromatic heterocycles. The van der Waals surface area contributed by atoms with E-state index in [1.165, 1.54) is 0 Å². The summed E-state index contributed by atoms with van der Waals surface area (Å²) < 4.78 is 1.84. The van der Waals surface area contributed by atoms with Crippen LogP contribution >= 0.6 is 0 Å². The standard InChI is InChI=1S/C33H32N6O2/c1-22-18-28(31(34-20-22)35-27-11-7-10-24(19-27)23-8-3-2-4-9-23)32(40)36-25-13-15-26(16-14-25)37-33(41)29-21-39-17-6-5-12-30(39)38-29/h2-12,17-21,25-26H,13-16H2,1H3,(H,34,35)(H,36,40)(H,37,41). The molecule has 0 saturated heterocycles. The van der Waals surface area contributed by atoms with Gasteiger partial charge in [-0.25, -0.2) is 9.97 Å². The lowest BCUT2D eigenvalue weighted by Crippen LogP contribution is -2.44. The SMILES string of the molecule is Cc1cnc(Nc2cccc(-c3ccccc3)c2)c(C(=O)NC2CCC(NC(=O)c3cn4ccccc4n3)CC2)c1. The molecule has 0 radical (unpaired) electrons. The van der Waals surface area contributed by atoms with E-state index in [9.17, 15) is 9.59 Å². The van der Waals surface area contributed by atoms with Crippen molar-refractivity contribution in [3.05, 3.63) is 114 Å². The number of anilines is 2. The van der Waals surface area contributed by atoms with Crippen LogP contribution in [0.25, 0.3) is 16.8 Å². The number of carbonyl (C=O) groups excluding carboxylic acids is 2. The second-order valence-corrected chi connectivity index (χ2v) is 10.6. The van der Waals surface area contributed by atoms with Crippen LogP contribution in [-0.4, -0.2) is 38.3 Å². The lowest BCUT2D eigenvalue weighted by molar-refractivity contribution is 0.0890. The average molecular weight is 545 g/mol. The average Bonchev–Trinajstić information content (AvgIpc) is 3.44. The number of imidazole rings is 1. The van der Waals surface area contributed by atoms with Gasteiger partial charge in [-0.15, -0.1) is 0 Å². The molecule has 206 valence electrons. The van der Waals surface area contributed by atoms with Gasteiger partial charge in [-0.3, -0.25) is 9.59 Å². The van der Waals surface area contributed by atoms with E-state index >= 15 is 0 Å². The van der Waals surface area contributed by atoms with Crippen LogP contribution in [0.4, 0.5) is 11.5 Å². The van der Waals surface area contributed by atoms with Crippen LogP contribution in [0.5, 0.6) is 0 Å². The Labute approximate surface area is 238 Å². The lowest BCUT2D eigenvalue weighted by Gasteiger charge is -2.29. The molecule has 0 unspecified atom stereocenters. The fourth-order valence-electron chi connectivity index (χ4n) is 5.33. The van der Waals surface area contributed by atoms with Crippen LogP contribution in [0.1, 0.15) is 52.1 Å². The first-order valence-corrected chi connectivity index (χ1v) is 14.0. The van der Waals surface area contributed by atoms with Gasteiger partial charge in [-0.1, -0.05) is 48.5 Å². The van der Waals surface area contributed by atoms with Crippen molar-refractivity contribution < 1.29 is 9.59 Å². The van der Waals surface area contributed by atoms with Crippen LogP contribution in [0.3, 0.4) is 0 Å². The molecular weight excluding hydrogens is 512 g/mol. The number of amides is 2. The molecule has 1 saturated carbocycles. The first-order chi connectivity index (χ1) is 20.0. The number of aryl methyl sites for hydroxylation is 1. The van der Waals surface area contributed by atoms with Crippen molar-refractivity contribution in [3.63, 3.8) is 0 Å². The van der Waals surface area contributed by atoms with Crippen molar-refractivity contribution in [1.82, 2.24) is 25.0 Å². The minimum atomic E-state index is -0.168. The van der Waals surface area contributed by atoms with Gasteiger partial charge in [0, 0.05) is 36.4 Å². The molecule has 3 heterocycles. The third-order valence-electron chi connectivity index (χ3n) is 7.50. The molecule has 1 aliphatic rings. The first-order valence-electron chi connectivity index (χ1n) is 14.0. The zero-order chi connectivity index (χ0) is 28.2. The summed E-state index contributed by atoms with van der Waals surface area (Å²) in [7, 11) is 0. The number of rotatable bonds is 7. The van der Waals surface area contributed by atoms with Crippen molar-refractivity contribution in [3.8, 4) is 11.1 Å². The van der Waals surface area contributed by atoms with E-state index in [1.54, 1.807) is 12.4 Å². The number of carbonyl (C=O) groups is 2. The largest absolute Gasteiger partial charge is 0.349 e. The number of pyridine rings is 2. The van der Waals surface area contributed by atoms with Gasteiger partial charge >= 0.3 is 0 Å². The van der Waals surface area contributed by atoms with Crippen molar-refractivity contribution in [2.75, 3.05) is 5.32 Å². The van der Waals surface area contributed by atoms with Gasteiger partial charge in [0.1, 0.15) is 17.2 Å². The number of benzene rings is 2. The number of aromatic nitrogens is 3. The second-order valence-electron chi connectivity index (χ2n) is 10.6. The van der Waals surface area contributed by atoms with Crippen molar-refractivity contribution in [2.24, 2.45) is 0 Å². The molecular formula is C33H32N6O2. The monoisotopic (exact) mass is 544 g/mol. The topological polar surface area (TPSA) is 100 Å². The van der Waals surface area contributed by atoms with Crippen LogP contribution in [0.15, 0.2) is 97.5 Å². The summed E-state index contributed by atoms with van der Waals surface area (Å²) in [4.78, 5) is 35.2. The Balaban J connectivity index is 1.07. The van der Waals surface area contributed by atoms with Crippen LogP contribution in [0.2, 0.25) is 0 Å². The van der Waals surface area contributed by atoms with Gasteiger partial charge in [-0.2, -0.15) is 0 Å². The molecule has 0 spiro atoms. The highest BCUT2D eigenvalue weighted by atomic mass is 16.2. The predicted molar refractivity (Wildman–Crippen MR) is 160 cm³/mol. The first kappa shape index (κ1) is 26.3. The van der Waals surface area contributed by atoms with E-state index in [4.69, 9.17) is 0 Å². The molecule has 8 nitrogen and oxygen atoms in total. The molecule has 1 fully saturated rings. The fourth-order valence-corrected chi connectivity index (χ4v) is 5.33. The Kier molecular flexibility index (Phi) is 7.45. The Hall–Kier alpha value is -4.98. The van der Waals surface area contributed by atoms with Crippen molar-refractivity contribution in [2.45, 2.75) is 44.7 Å². The van der Waals surface area contributed by atoms with E-state index in [0.29, 0.717) is 17.1 Å². The molecule has 5 aromatic rings. The minimum Gasteiger partial charge on any atom is -0.349 e. The number of fused-ring (bicyclic) bond motifs is 1. The van der Waals surface area contributed by atoms with E-state index in [1.807, 2.05) is 72.1 Å². The van der Waals surface area contributed by atoms with E-state index in [-0.39, 0.29) is 23.9 Å². The summed E-state index contributed by atoms with van der Waals surface area (Å²) >= 11 is 0. The van der Waals surface area contributed by atoms with Gasteiger partial charge < -0.3 is 20.4 Å². The highest BCUT2D eigenvalue weighted by Crippen LogP contribution is 2.26. The Morgan fingerprint density at radius 3 is 2.27 bits per heavy atom. The quantitative estimate of drug-likeness (QED) is 0.236. The van der Waals surface area contributed by atoms with E-state index < -0.39 is 0 Å². The normalized spacial score (nSPS) is 16.7. The smallest absolute Gasteiger partial charge is 0.271 e. The molecule has 3 N–H and O–H groups in total. The predicted octanol–water partition coefficient (Wildman–Crippen LogP) is 5.92. The maximum atomic E-state index is 13.4. The molecule has 2 amide bonds. The van der Waals surface area contributed by atoms with Crippen molar-refractivity contribution in [1.29, 1.82) is 0 Å². The maximum Gasteiger partial charge on any atom is 0.271 e. The van der Waals surface area contributed by atoms with Gasteiger partial charge in [0.15, 0.2) is 0 Å². The number of hydrogen-bond acceptors (Lipinski definition) is 5. The minimum absolute atomic E-state index is 0.0283. The van der Waals surface area contributed by atoms with Crippen LogP contribution in [-0.2, 0) is 0 Å². The summed E-state index contributed by atoms with van der Waals surface area (Å²) in [5, 5.41) is 9.67. The molecule has 2 aromatic carbocycles. The van der Waals surface area contributed by atoms with Gasteiger partial charge in [0.2, 0.25) is 0 Å². The highest BCUT2D eigenvalue weighted by molar-refractivity contribution is 5.99. The fraction of sp³-hybridized carbons (Fsp3) is 0.212. The summed E-state index contributed by atoms with van der Waals surface area (Å²) in [5.74, 6) is 0.200. The van der Waals surface area contributed by atoms with Crippen LogP contribution in [0, 0.1) is 6.92 Å². The zero-order valence-electron chi connectivity index (χ0n) is 22.9. The second kappa shape index (κ2) is 11.6. The summed E-state index contributed by atoms with van der Waals surface area (Å²) in [6.07, 6.45) is 8.51. The van der Waals surface area contributed by atoms with Gasteiger partial charge in [0.05, 0.1) is 5.56 Å². The Morgan fingerprint density at radius 2 is 1.51 bits per heavy atom. The molecule has 6 rings (SSSR count). The van der Waals surface area contributed by atoms with Crippen LogP contribution < -0.4 is 16.0 Å². The third kappa shape index (κ3) is 6.11. The highest BCUT2D eigenvalue weighted by Gasteiger charge is 2.26. The molecule has 0 atom stereocenters. The van der Waals surface area contributed by atoms with Gasteiger partial charge in [0.25, 0.3) is 11.8 Å². The molecule has 1 aliphatic carbocycles. The lowest BCUT2D eigenvalue weighted by atomic mass is 9.91. The summed E-state index contributed by atoms with van der Waals surface area (Å²) in [6, 6.07) is 25.9. The van der Waals surface area contributed by atoms with E-state index in [0.717, 1.165) is 53.7 Å². The Morgan fingerprint density at radius 1 is 0.805 bits per heavy atom. The molecule has 0 aliphatic heterocycles. The zero-order valence-corrected chi connectivity index (χ0v) is 22.9. The molecule has 41 heavy (non-hydrogen) atoms. The summed E-state index contributed by atoms with van der Waals surface area (Å²) in [6.45, 7) is 1.93. The molecule has 0 bridgehead atoms. The number of nitrogens with zero attached hydrogens (tertiary/aromatic N) is 3. The summed E-state index contributed by atoms with van der Waals surface area (Å²) in [5.41, 5.74) is 5.64.